The molecular weight excluding hydrogens is 659 g/mol. The van der Waals surface area contributed by atoms with Gasteiger partial charge in [-0.05, 0) is 35.9 Å². The van der Waals surface area contributed by atoms with E-state index in [9.17, 15) is 9.59 Å². The molecule has 1 amide bonds. The number of benzene rings is 3. The van der Waals surface area contributed by atoms with Gasteiger partial charge in [0.05, 0.1) is 38.2 Å². The molecule has 0 bridgehead atoms. The average molecular weight is 698 g/mol. The second-order valence-electron chi connectivity index (χ2n) is 12.6. The Labute approximate surface area is 294 Å². The molecule has 2 atom stereocenters. The summed E-state index contributed by atoms with van der Waals surface area (Å²) < 4.78 is 16.9. The molecule has 4 aromatic rings. The van der Waals surface area contributed by atoms with Crippen LogP contribution in [0.1, 0.15) is 5.56 Å². The van der Waals surface area contributed by atoms with Gasteiger partial charge in [0, 0.05) is 87.9 Å². The Morgan fingerprint density at radius 1 is 0.837 bits per heavy atom. The number of aromatic nitrogens is 1. The lowest BCUT2D eigenvalue weighted by Crippen LogP contribution is -2.51. The first-order valence-corrected chi connectivity index (χ1v) is 18.4. The number of likely N-dealkylation sites (tertiary alicyclic amines) is 1. The van der Waals surface area contributed by atoms with E-state index in [-0.39, 0.29) is 30.3 Å². The molecule has 254 valence electrons. The number of nitrogens with zero attached hydrogens (tertiary/aromatic N) is 3. The molecule has 4 aliphatic heterocycles. The fourth-order valence-corrected chi connectivity index (χ4v) is 9.38. The van der Waals surface area contributed by atoms with Gasteiger partial charge >= 0.3 is 6.09 Å². The number of pyridine rings is 1. The first-order valence-electron chi connectivity index (χ1n) is 16.8. The van der Waals surface area contributed by atoms with Gasteiger partial charge in [0.15, 0.2) is 0 Å². The number of rotatable bonds is 7. The highest BCUT2D eigenvalue weighted by atomic mass is 32.2. The van der Waals surface area contributed by atoms with Crippen molar-refractivity contribution in [3.8, 4) is 11.3 Å². The third-order valence-corrected chi connectivity index (χ3v) is 12.1. The normalized spacial score (nSPS) is 20.8. The lowest BCUT2D eigenvalue weighted by molar-refractivity contribution is 0.0167. The zero-order chi connectivity index (χ0) is 33.2. The molecule has 0 saturated carbocycles. The van der Waals surface area contributed by atoms with E-state index in [2.05, 4.69) is 62.6 Å². The number of H-pyrrole nitrogens is 1. The van der Waals surface area contributed by atoms with Crippen LogP contribution in [0.15, 0.2) is 103 Å². The van der Waals surface area contributed by atoms with E-state index in [1.807, 2.05) is 35.2 Å². The summed E-state index contributed by atoms with van der Waals surface area (Å²) in [6, 6.07) is 26.6. The quantitative estimate of drug-likeness (QED) is 0.223. The van der Waals surface area contributed by atoms with Crippen molar-refractivity contribution >= 4 is 41.0 Å². The zero-order valence-electron chi connectivity index (χ0n) is 27.1. The third kappa shape index (κ3) is 7.20. The Morgan fingerprint density at radius 2 is 1.63 bits per heavy atom. The molecule has 5 heterocycles. The zero-order valence-corrected chi connectivity index (χ0v) is 28.8. The number of amides is 1. The number of aromatic amines is 1. The Kier molecular flexibility index (Phi) is 9.55. The van der Waals surface area contributed by atoms with Crippen LogP contribution in [0.2, 0.25) is 0 Å². The Morgan fingerprint density at radius 3 is 2.45 bits per heavy atom. The lowest BCUT2D eigenvalue weighted by Gasteiger charge is -2.35. The number of anilines is 2. The minimum absolute atomic E-state index is 0.0381. The second kappa shape index (κ2) is 14.5. The summed E-state index contributed by atoms with van der Waals surface area (Å²) in [5.41, 5.74) is 4.66. The molecule has 3 saturated heterocycles. The number of carbonyl (C=O) groups is 1. The van der Waals surface area contributed by atoms with Gasteiger partial charge in [-0.1, -0.05) is 66.0 Å². The molecule has 0 aliphatic carbocycles. The monoisotopic (exact) mass is 697 g/mol. The van der Waals surface area contributed by atoms with Gasteiger partial charge in [-0.25, -0.2) is 4.79 Å². The van der Waals surface area contributed by atoms with Gasteiger partial charge in [-0.2, -0.15) is 0 Å². The molecule has 8 rings (SSSR count). The molecule has 3 fully saturated rings. The van der Waals surface area contributed by atoms with Gasteiger partial charge in [0.1, 0.15) is 6.61 Å². The molecule has 1 aromatic heterocycles. The fourth-order valence-electron chi connectivity index (χ4n) is 6.96. The average Bonchev–Trinajstić information content (AvgIpc) is 3.57. The maximum atomic E-state index is 13.2. The highest BCUT2D eigenvalue weighted by Gasteiger charge is 2.40. The maximum Gasteiger partial charge on any atom is 0.410 e. The van der Waals surface area contributed by atoms with Crippen molar-refractivity contribution in [2.45, 2.75) is 38.3 Å². The van der Waals surface area contributed by atoms with Crippen molar-refractivity contribution in [1.82, 2.24) is 14.8 Å². The van der Waals surface area contributed by atoms with E-state index >= 15 is 0 Å². The Bertz CT molecular complexity index is 1860. The predicted octanol–water partition coefficient (Wildman–Crippen LogP) is 5.63. The molecule has 1 unspecified atom stereocenters. The number of fused-ring (bicyclic) bond motifs is 2. The van der Waals surface area contributed by atoms with Crippen LogP contribution in [0, 0.1) is 0 Å². The smallest absolute Gasteiger partial charge is 0.410 e. The SMILES string of the molecule is O=C(OCc1ccccc1)N1CC(Nc2ccc3c(c2)Sc2cccc(-c4cc(N5CCOCC5)cc(=O)[nH]4)c2S3)[C@H](N2CCOCC2)C1. The van der Waals surface area contributed by atoms with Crippen molar-refractivity contribution in [3.05, 3.63) is 94.8 Å². The van der Waals surface area contributed by atoms with Crippen LogP contribution in [0.5, 0.6) is 0 Å². The number of carbonyl (C=O) groups excluding carboxylic acids is 1. The Balaban J connectivity index is 0.996. The summed E-state index contributed by atoms with van der Waals surface area (Å²) >= 11 is 3.49. The summed E-state index contributed by atoms with van der Waals surface area (Å²) in [6.07, 6.45) is -0.284. The van der Waals surface area contributed by atoms with Crippen molar-refractivity contribution < 1.29 is 19.0 Å². The third-order valence-electron chi connectivity index (χ3n) is 9.47. The minimum Gasteiger partial charge on any atom is -0.445 e. The molecule has 3 aromatic carbocycles. The first kappa shape index (κ1) is 32.3. The van der Waals surface area contributed by atoms with E-state index in [1.165, 1.54) is 9.79 Å². The summed E-state index contributed by atoms with van der Waals surface area (Å²) in [4.78, 5) is 40.2. The predicted molar refractivity (Wildman–Crippen MR) is 192 cm³/mol. The van der Waals surface area contributed by atoms with E-state index in [4.69, 9.17) is 14.2 Å². The van der Waals surface area contributed by atoms with Crippen LogP contribution >= 0.6 is 23.5 Å². The second-order valence-corrected chi connectivity index (χ2v) is 14.8. The first-order chi connectivity index (χ1) is 24.1. The number of morpholine rings is 2. The molecular formula is C37H39N5O5S2. The van der Waals surface area contributed by atoms with Gasteiger partial charge < -0.3 is 34.3 Å². The van der Waals surface area contributed by atoms with Crippen LogP contribution in [-0.2, 0) is 20.8 Å². The molecule has 12 heteroatoms. The van der Waals surface area contributed by atoms with E-state index < -0.39 is 0 Å². The lowest BCUT2D eigenvalue weighted by atomic mass is 10.1. The van der Waals surface area contributed by atoms with Gasteiger partial charge in [-0.3, -0.25) is 9.69 Å². The van der Waals surface area contributed by atoms with Gasteiger partial charge in [-0.15, -0.1) is 0 Å². The van der Waals surface area contributed by atoms with Crippen LogP contribution < -0.4 is 15.8 Å². The van der Waals surface area contributed by atoms with Crippen LogP contribution in [0.4, 0.5) is 16.2 Å². The Hall–Kier alpha value is -3.94. The summed E-state index contributed by atoms with van der Waals surface area (Å²) in [5.74, 6) is 0. The van der Waals surface area contributed by atoms with Crippen LogP contribution in [-0.4, -0.2) is 98.7 Å². The van der Waals surface area contributed by atoms with E-state index in [1.54, 1.807) is 29.6 Å². The highest BCUT2D eigenvalue weighted by Crippen LogP contribution is 2.52. The van der Waals surface area contributed by atoms with E-state index in [0.29, 0.717) is 39.5 Å². The summed E-state index contributed by atoms with van der Waals surface area (Å²) in [6.45, 7) is 7.36. The van der Waals surface area contributed by atoms with E-state index in [0.717, 1.165) is 64.2 Å². The number of hydrogen-bond donors (Lipinski definition) is 2. The van der Waals surface area contributed by atoms with Gasteiger partial charge in [0.25, 0.3) is 0 Å². The van der Waals surface area contributed by atoms with Crippen molar-refractivity contribution in [2.75, 3.05) is 75.9 Å². The minimum atomic E-state index is -0.284. The molecule has 4 aliphatic rings. The van der Waals surface area contributed by atoms with Crippen LogP contribution in [0.3, 0.4) is 0 Å². The topological polar surface area (TPSA) is 99.4 Å². The van der Waals surface area contributed by atoms with Crippen molar-refractivity contribution in [2.24, 2.45) is 0 Å². The van der Waals surface area contributed by atoms with Crippen molar-refractivity contribution in [3.63, 3.8) is 0 Å². The highest BCUT2D eigenvalue weighted by molar-refractivity contribution is 8.05. The molecule has 0 radical (unpaired) electrons. The number of hydrogen-bond acceptors (Lipinski definition) is 10. The number of ether oxygens (including phenoxy) is 3. The summed E-state index contributed by atoms with van der Waals surface area (Å²) in [7, 11) is 0. The fraction of sp³-hybridized carbons (Fsp3) is 0.351. The maximum absolute atomic E-state index is 13.2. The molecule has 0 spiro atoms. The molecule has 10 nitrogen and oxygen atoms in total. The number of nitrogens with one attached hydrogen (secondary N) is 2. The molecule has 2 N–H and O–H groups in total. The largest absolute Gasteiger partial charge is 0.445 e. The van der Waals surface area contributed by atoms with Crippen LogP contribution in [0.25, 0.3) is 11.3 Å². The molecule has 49 heavy (non-hydrogen) atoms. The standard InChI is InChI=1S/C37H39N5O5S2/c43-35-21-27(40-11-15-45-16-12-40)20-29(39-35)28-7-4-8-33-36(28)49-32-10-9-26(19-34(32)48-33)38-30-22-42(23-31(30)41-13-17-46-18-14-41)37(44)47-24-25-5-2-1-3-6-25/h1-10,19-21,30-31,38H,11-18,22-24H2,(H,39,43)/t30?,31-/m1/s1. The summed E-state index contributed by atoms with van der Waals surface area (Å²) in [5, 5.41) is 3.79. The van der Waals surface area contributed by atoms with Gasteiger partial charge in [0.2, 0.25) is 5.56 Å². The van der Waals surface area contributed by atoms with Crippen molar-refractivity contribution in [1.29, 1.82) is 0 Å².